The molecule has 7 heteroatoms. The number of nitrogens with zero attached hydrogens (tertiary/aromatic N) is 2. The van der Waals surface area contributed by atoms with Gasteiger partial charge in [-0.2, -0.15) is 4.31 Å². The van der Waals surface area contributed by atoms with Crippen LogP contribution in [0.3, 0.4) is 0 Å². The molecule has 0 saturated carbocycles. The molecule has 1 saturated heterocycles. The normalized spacial score (nSPS) is 18.0. The lowest BCUT2D eigenvalue weighted by molar-refractivity contribution is 0.0521. The van der Waals surface area contributed by atoms with Gasteiger partial charge >= 0.3 is 5.97 Å². The van der Waals surface area contributed by atoms with Gasteiger partial charge in [0.2, 0.25) is 10.0 Å². The molecule has 6 nitrogen and oxygen atoms in total. The van der Waals surface area contributed by atoms with E-state index in [0.717, 1.165) is 12.0 Å². The van der Waals surface area contributed by atoms with Crippen LogP contribution in [0.1, 0.15) is 46.6 Å². The first kappa shape index (κ1) is 19.6. The van der Waals surface area contributed by atoms with Crippen LogP contribution in [-0.2, 0) is 21.8 Å². The number of aromatic nitrogens is 1. The van der Waals surface area contributed by atoms with Crippen molar-refractivity contribution in [2.24, 2.45) is 7.05 Å². The minimum Gasteiger partial charge on any atom is -0.462 e. The summed E-state index contributed by atoms with van der Waals surface area (Å²) in [6.45, 7) is 6.25. The maximum absolute atomic E-state index is 13.4. The van der Waals surface area contributed by atoms with Crippen LogP contribution in [0, 0.1) is 13.8 Å². The van der Waals surface area contributed by atoms with E-state index in [9.17, 15) is 13.2 Å². The molecule has 3 rings (SSSR count). The van der Waals surface area contributed by atoms with Gasteiger partial charge in [-0.15, -0.1) is 0 Å². The summed E-state index contributed by atoms with van der Waals surface area (Å²) in [4.78, 5) is 12.6. The highest BCUT2D eigenvalue weighted by Crippen LogP contribution is 2.35. The molecule has 27 heavy (non-hydrogen) atoms. The third-order valence-electron chi connectivity index (χ3n) is 5.42. The monoisotopic (exact) mass is 390 g/mol. The summed E-state index contributed by atoms with van der Waals surface area (Å²) in [5.74, 6) is -0.423. The first-order valence-corrected chi connectivity index (χ1v) is 10.6. The van der Waals surface area contributed by atoms with Crippen LogP contribution in [0.4, 0.5) is 0 Å². The molecule has 0 bridgehead atoms. The van der Waals surface area contributed by atoms with Gasteiger partial charge in [-0.3, -0.25) is 0 Å². The van der Waals surface area contributed by atoms with Gasteiger partial charge in [0.25, 0.3) is 0 Å². The minimum atomic E-state index is -3.79. The van der Waals surface area contributed by atoms with Crippen molar-refractivity contribution in [2.45, 2.75) is 38.0 Å². The van der Waals surface area contributed by atoms with E-state index in [1.807, 2.05) is 30.3 Å². The smallest absolute Gasteiger partial charge is 0.341 e. The quantitative estimate of drug-likeness (QED) is 0.736. The molecule has 0 radical (unpaired) electrons. The van der Waals surface area contributed by atoms with E-state index in [4.69, 9.17) is 4.74 Å². The van der Waals surface area contributed by atoms with Crippen LogP contribution in [0.5, 0.6) is 0 Å². The first-order chi connectivity index (χ1) is 12.8. The summed E-state index contributed by atoms with van der Waals surface area (Å²) >= 11 is 0. The predicted octanol–water partition coefficient (Wildman–Crippen LogP) is 3.00. The van der Waals surface area contributed by atoms with Crippen LogP contribution < -0.4 is 0 Å². The molecule has 146 valence electrons. The molecule has 0 spiro atoms. The third kappa shape index (κ3) is 3.41. The van der Waals surface area contributed by atoms with Gasteiger partial charge < -0.3 is 9.30 Å². The molecular formula is C20H26N2O4S. The second kappa shape index (κ2) is 7.48. The van der Waals surface area contributed by atoms with Crippen molar-refractivity contribution in [1.82, 2.24) is 8.87 Å². The van der Waals surface area contributed by atoms with Gasteiger partial charge in [0, 0.05) is 31.5 Å². The first-order valence-electron chi connectivity index (χ1n) is 9.17. The number of hydrogen-bond donors (Lipinski definition) is 0. The van der Waals surface area contributed by atoms with Gasteiger partial charge in [-0.05, 0) is 38.7 Å². The van der Waals surface area contributed by atoms with Gasteiger partial charge in [0.15, 0.2) is 0 Å². The summed E-state index contributed by atoms with van der Waals surface area (Å²) in [7, 11) is -2.03. The summed E-state index contributed by atoms with van der Waals surface area (Å²) < 4.78 is 35.2. The fourth-order valence-electron chi connectivity index (χ4n) is 3.75. The molecular weight excluding hydrogens is 364 g/mol. The molecule has 0 aliphatic carbocycles. The lowest BCUT2D eigenvalue weighted by atomic mass is 9.99. The average molecular weight is 391 g/mol. The molecule has 2 aromatic rings. The van der Waals surface area contributed by atoms with Gasteiger partial charge in [-0.1, -0.05) is 30.3 Å². The Morgan fingerprint density at radius 1 is 1.19 bits per heavy atom. The van der Waals surface area contributed by atoms with Crippen molar-refractivity contribution in [3.8, 4) is 0 Å². The number of sulfonamides is 1. The number of carbonyl (C=O) groups excluding carboxylic acids is 1. The van der Waals surface area contributed by atoms with Crippen LogP contribution in [0.2, 0.25) is 0 Å². The Labute approximate surface area is 160 Å². The Morgan fingerprint density at radius 2 is 1.85 bits per heavy atom. The van der Waals surface area contributed by atoms with E-state index in [1.165, 1.54) is 4.31 Å². The van der Waals surface area contributed by atoms with E-state index in [0.29, 0.717) is 24.5 Å². The Kier molecular flexibility index (Phi) is 5.44. The van der Waals surface area contributed by atoms with E-state index in [-0.39, 0.29) is 23.0 Å². The highest BCUT2D eigenvalue weighted by Gasteiger charge is 2.39. The Morgan fingerprint density at radius 3 is 2.48 bits per heavy atom. The standard InChI is InChI=1S/C20H26N2O4S/c1-5-26-20(23)18-14(2)21(4)15(3)19(18)27(24,25)22-12-11-17(13-22)16-9-7-6-8-10-16/h6-10,17H,5,11-13H2,1-4H3/t17-/m1/s1. The van der Waals surface area contributed by atoms with Crippen molar-refractivity contribution in [1.29, 1.82) is 0 Å². The van der Waals surface area contributed by atoms with Gasteiger partial charge in [0.1, 0.15) is 10.5 Å². The molecule has 1 aromatic heterocycles. The van der Waals surface area contributed by atoms with E-state index >= 15 is 0 Å². The molecule has 1 fully saturated rings. The number of rotatable bonds is 5. The summed E-state index contributed by atoms with van der Waals surface area (Å²) in [6.07, 6.45) is 0.767. The van der Waals surface area contributed by atoms with Crippen LogP contribution in [0.25, 0.3) is 0 Å². The number of hydrogen-bond acceptors (Lipinski definition) is 4. The fourth-order valence-corrected chi connectivity index (χ4v) is 5.73. The van der Waals surface area contributed by atoms with Crippen molar-refractivity contribution in [2.75, 3.05) is 19.7 Å². The zero-order valence-corrected chi connectivity index (χ0v) is 17.0. The van der Waals surface area contributed by atoms with Gasteiger partial charge in [-0.25, -0.2) is 13.2 Å². The highest BCUT2D eigenvalue weighted by atomic mass is 32.2. The molecule has 0 amide bonds. The molecule has 2 heterocycles. The zero-order chi connectivity index (χ0) is 19.8. The Hall–Kier alpha value is -2.12. The number of carbonyl (C=O) groups is 1. The van der Waals surface area contributed by atoms with Crippen molar-refractivity contribution < 1.29 is 17.9 Å². The molecule has 1 aromatic carbocycles. The largest absolute Gasteiger partial charge is 0.462 e. The predicted molar refractivity (Wildman–Crippen MR) is 103 cm³/mol. The van der Waals surface area contributed by atoms with E-state index < -0.39 is 16.0 Å². The molecule has 1 aliphatic rings. The maximum Gasteiger partial charge on any atom is 0.341 e. The zero-order valence-electron chi connectivity index (χ0n) is 16.2. The Balaban J connectivity index is 1.99. The van der Waals surface area contributed by atoms with Crippen LogP contribution in [0.15, 0.2) is 35.2 Å². The SMILES string of the molecule is CCOC(=O)c1c(S(=O)(=O)N2CC[C@@H](c3ccccc3)C2)c(C)n(C)c1C. The van der Waals surface area contributed by atoms with E-state index in [1.54, 1.807) is 32.4 Å². The molecule has 0 unspecified atom stereocenters. The maximum atomic E-state index is 13.4. The molecule has 0 N–H and O–H groups in total. The van der Waals surface area contributed by atoms with Crippen LogP contribution >= 0.6 is 0 Å². The van der Waals surface area contributed by atoms with Crippen molar-refractivity contribution >= 4 is 16.0 Å². The summed E-state index contributed by atoms with van der Waals surface area (Å²) in [6, 6.07) is 9.95. The number of benzene rings is 1. The van der Waals surface area contributed by atoms with Crippen molar-refractivity contribution in [3.63, 3.8) is 0 Å². The van der Waals surface area contributed by atoms with Crippen LogP contribution in [-0.4, -0.2) is 43.0 Å². The fraction of sp³-hybridized carbons (Fsp3) is 0.450. The number of esters is 1. The lowest BCUT2D eigenvalue weighted by Gasteiger charge is -2.18. The van der Waals surface area contributed by atoms with Crippen molar-refractivity contribution in [3.05, 3.63) is 52.8 Å². The van der Waals surface area contributed by atoms with Gasteiger partial charge in [0.05, 0.1) is 6.61 Å². The molecule has 1 atom stereocenters. The molecule has 1 aliphatic heterocycles. The average Bonchev–Trinajstić information content (AvgIpc) is 3.23. The highest BCUT2D eigenvalue weighted by molar-refractivity contribution is 7.89. The minimum absolute atomic E-state index is 0.0784. The van der Waals surface area contributed by atoms with E-state index in [2.05, 4.69) is 0 Å². The second-order valence-corrected chi connectivity index (χ2v) is 8.79. The number of ether oxygens (including phenoxy) is 1. The Bertz CT molecular complexity index is 948. The third-order valence-corrected chi connectivity index (χ3v) is 7.45. The lowest BCUT2D eigenvalue weighted by Crippen LogP contribution is -2.30. The second-order valence-electron chi connectivity index (χ2n) is 6.91. The summed E-state index contributed by atoms with van der Waals surface area (Å²) in [5, 5.41) is 0. The summed E-state index contributed by atoms with van der Waals surface area (Å²) in [5.41, 5.74) is 2.45. The topological polar surface area (TPSA) is 68.6 Å².